The van der Waals surface area contributed by atoms with E-state index in [1.54, 1.807) is 0 Å². The fourth-order valence-electron chi connectivity index (χ4n) is 4.02. The van der Waals surface area contributed by atoms with Gasteiger partial charge in [0.2, 0.25) is 0 Å². The van der Waals surface area contributed by atoms with Gasteiger partial charge in [-0.25, -0.2) is 0 Å². The highest BCUT2D eigenvalue weighted by Gasteiger charge is 2.33. The number of rotatable bonds is 4. The van der Waals surface area contributed by atoms with Crippen molar-refractivity contribution in [3.63, 3.8) is 0 Å². The van der Waals surface area contributed by atoms with E-state index in [2.05, 4.69) is 25.8 Å². The molecule has 0 aromatic carbocycles. The van der Waals surface area contributed by atoms with Gasteiger partial charge in [0.05, 0.1) is 6.10 Å². The van der Waals surface area contributed by atoms with Gasteiger partial charge in [0.1, 0.15) is 5.78 Å². The van der Waals surface area contributed by atoms with Gasteiger partial charge in [-0.3, -0.25) is 4.79 Å². The average Bonchev–Trinajstić information content (AvgIpc) is 2.41. The Morgan fingerprint density at radius 1 is 1.25 bits per heavy atom. The molecule has 0 aromatic heterocycles. The molecule has 4 unspecified atom stereocenters. The first-order valence-corrected chi connectivity index (χ1v) is 8.40. The number of aliphatic hydroxyl groups is 1. The first-order valence-electron chi connectivity index (χ1n) is 8.40. The third-order valence-corrected chi connectivity index (χ3v) is 5.52. The Morgan fingerprint density at radius 3 is 2.60 bits per heavy atom. The van der Waals surface area contributed by atoms with E-state index in [1.165, 1.54) is 6.42 Å². The maximum absolute atomic E-state index is 12.2. The average molecular weight is 281 g/mol. The van der Waals surface area contributed by atoms with Gasteiger partial charge >= 0.3 is 0 Å². The van der Waals surface area contributed by atoms with E-state index in [-0.39, 0.29) is 18.1 Å². The van der Waals surface area contributed by atoms with E-state index < -0.39 is 0 Å². The maximum atomic E-state index is 12.2. The fraction of sp³-hybridized carbons (Fsp3) is 0.941. The van der Waals surface area contributed by atoms with Gasteiger partial charge in [-0.2, -0.15) is 0 Å². The van der Waals surface area contributed by atoms with Gasteiger partial charge < -0.3 is 10.0 Å². The van der Waals surface area contributed by atoms with Gasteiger partial charge in [-0.15, -0.1) is 0 Å². The molecule has 0 amide bonds. The molecule has 0 spiro atoms. The van der Waals surface area contributed by atoms with Crippen LogP contribution < -0.4 is 0 Å². The number of hydrogen-bond donors (Lipinski definition) is 1. The van der Waals surface area contributed by atoms with Crippen LogP contribution in [-0.4, -0.2) is 41.5 Å². The van der Waals surface area contributed by atoms with Crippen LogP contribution in [0.2, 0.25) is 0 Å². The summed E-state index contributed by atoms with van der Waals surface area (Å²) in [6, 6.07) is 0.260. The number of nitrogens with zero attached hydrogens (tertiary/aromatic N) is 1. The number of carbonyl (C=O) groups is 1. The predicted octanol–water partition coefficient (Wildman–Crippen LogP) is 2.86. The summed E-state index contributed by atoms with van der Waals surface area (Å²) in [5.74, 6) is 2.01. The van der Waals surface area contributed by atoms with E-state index in [1.807, 2.05) is 0 Å². The van der Waals surface area contributed by atoms with Crippen molar-refractivity contribution < 1.29 is 9.90 Å². The summed E-state index contributed by atoms with van der Waals surface area (Å²) in [6.45, 7) is 5.38. The first-order chi connectivity index (χ1) is 9.49. The summed E-state index contributed by atoms with van der Waals surface area (Å²) in [4.78, 5) is 14.4. The van der Waals surface area contributed by atoms with Crippen molar-refractivity contribution in [1.82, 2.24) is 4.90 Å². The molecule has 3 heteroatoms. The SMILES string of the molecule is CC(C)C1CCC(=O)C(CN(C)C2CCCCC2O)C1. The lowest BCUT2D eigenvalue weighted by Gasteiger charge is -2.39. The van der Waals surface area contributed by atoms with Crippen molar-refractivity contribution in [2.45, 2.75) is 70.9 Å². The van der Waals surface area contributed by atoms with Crippen LogP contribution >= 0.6 is 0 Å². The molecule has 3 nitrogen and oxygen atoms in total. The van der Waals surface area contributed by atoms with Crippen LogP contribution in [0.1, 0.15) is 58.8 Å². The second-order valence-corrected chi connectivity index (χ2v) is 7.30. The van der Waals surface area contributed by atoms with E-state index >= 15 is 0 Å². The normalized spacial score (nSPS) is 35.8. The van der Waals surface area contributed by atoms with Crippen LogP contribution in [0.4, 0.5) is 0 Å². The van der Waals surface area contributed by atoms with Crippen molar-refractivity contribution in [1.29, 1.82) is 0 Å². The zero-order chi connectivity index (χ0) is 14.7. The quantitative estimate of drug-likeness (QED) is 0.861. The van der Waals surface area contributed by atoms with E-state index in [4.69, 9.17) is 0 Å². The molecule has 0 bridgehead atoms. The van der Waals surface area contributed by atoms with Gasteiger partial charge in [-0.1, -0.05) is 26.7 Å². The van der Waals surface area contributed by atoms with Gasteiger partial charge in [0.15, 0.2) is 0 Å². The Balaban J connectivity index is 1.91. The highest BCUT2D eigenvalue weighted by molar-refractivity contribution is 5.82. The molecule has 2 aliphatic rings. The molecule has 2 rings (SSSR count). The topological polar surface area (TPSA) is 40.5 Å². The van der Waals surface area contributed by atoms with E-state index in [9.17, 15) is 9.90 Å². The van der Waals surface area contributed by atoms with Crippen LogP contribution in [-0.2, 0) is 4.79 Å². The number of likely N-dealkylation sites (N-methyl/N-ethyl adjacent to an activating group) is 1. The number of carbonyl (C=O) groups excluding carboxylic acids is 1. The van der Waals surface area contributed by atoms with Crippen molar-refractivity contribution in [2.24, 2.45) is 17.8 Å². The van der Waals surface area contributed by atoms with Crippen LogP contribution in [0, 0.1) is 17.8 Å². The number of hydrogen-bond acceptors (Lipinski definition) is 3. The summed E-state index contributed by atoms with van der Waals surface area (Å²) in [5, 5.41) is 10.1. The molecule has 1 N–H and O–H groups in total. The standard InChI is InChI=1S/C17H31NO2/c1-12(2)13-8-9-16(19)14(10-13)11-18(3)15-6-4-5-7-17(15)20/h12-15,17,20H,4-11H2,1-3H3. The maximum Gasteiger partial charge on any atom is 0.137 e. The van der Waals surface area contributed by atoms with E-state index in [0.29, 0.717) is 17.6 Å². The van der Waals surface area contributed by atoms with Crippen LogP contribution in [0.25, 0.3) is 0 Å². The number of aliphatic hydroxyl groups excluding tert-OH is 1. The van der Waals surface area contributed by atoms with Gasteiger partial charge in [0.25, 0.3) is 0 Å². The summed E-state index contributed by atoms with van der Waals surface area (Å²) < 4.78 is 0. The molecule has 2 aliphatic carbocycles. The summed E-state index contributed by atoms with van der Waals surface area (Å²) in [5.41, 5.74) is 0. The zero-order valence-corrected chi connectivity index (χ0v) is 13.3. The molecular weight excluding hydrogens is 250 g/mol. The van der Waals surface area contributed by atoms with Crippen molar-refractivity contribution in [2.75, 3.05) is 13.6 Å². The lowest BCUT2D eigenvalue weighted by atomic mass is 9.75. The highest BCUT2D eigenvalue weighted by Crippen LogP contribution is 2.33. The Kier molecular flexibility index (Phi) is 5.62. The minimum absolute atomic E-state index is 0.190. The third kappa shape index (κ3) is 3.82. The third-order valence-electron chi connectivity index (χ3n) is 5.52. The summed E-state index contributed by atoms with van der Waals surface area (Å²) in [6.07, 6.45) is 7.02. The molecule has 4 atom stereocenters. The molecule has 2 fully saturated rings. The smallest absolute Gasteiger partial charge is 0.137 e. The molecule has 116 valence electrons. The second kappa shape index (κ2) is 7.04. The van der Waals surface area contributed by atoms with Crippen LogP contribution in [0.15, 0.2) is 0 Å². The Morgan fingerprint density at radius 2 is 1.95 bits per heavy atom. The first kappa shape index (κ1) is 16.0. The second-order valence-electron chi connectivity index (χ2n) is 7.30. The molecule has 0 saturated heterocycles. The predicted molar refractivity (Wildman–Crippen MR) is 81.6 cm³/mol. The molecule has 2 saturated carbocycles. The van der Waals surface area contributed by atoms with Crippen molar-refractivity contribution >= 4 is 5.78 Å². The minimum Gasteiger partial charge on any atom is -0.391 e. The lowest BCUT2D eigenvalue weighted by Crippen LogP contribution is -2.47. The molecule has 0 heterocycles. The zero-order valence-electron chi connectivity index (χ0n) is 13.3. The Labute approximate surface area is 123 Å². The summed E-state index contributed by atoms with van der Waals surface area (Å²) in [7, 11) is 2.09. The Bertz CT molecular complexity index is 329. The number of ketones is 1. The lowest BCUT2D eigenvalue weighted by molar-refractivity contribution is -0.127. The van der Waals surface area contributed by atoms with Gasteiger partial charge in [0, 0.05) is 24.9 Å². The van der Waals surface area contributed by atoms with Gasteiger partial charge in [-0.05, 0) is 44.6 Å². The van der Waals surface area contributed by atoms with Crippen molar-refractivity contribution in [3.05, 3.63) is 0 Å². The Hall–Kier alpha value is -0.410. The fourth-order valence-corrected chi connectivity index (χ4v) is 4.02. The van der Waals surface area contributed by atoms with E-state index in [0.717, 1.165) is 45.1 Å². The highest BCUT2D eigenvalue weighted by atomic mass is 16.3. The van der Waals surface area contributed by atoms with Crippen LogP contribution in [0.5, 0.6) is 0 Å². The summed E-state index contributed by atoms with van der Waals surface area (Å²) >= 11 is 0. The molecule has 0 aliphatic heterocycles. The van der Waals surface area contributed by atoms with Crippen molar-refractivity contribution in [3.8, 4) is 0 Å². The monoisotopic (exact) mass is 281 g/mol. The molecule has 0 radical (unpaired) electrons. The number of Topliss-reactive ketones (excluding diaryl/α,β-unsaturated/α-hetero) is 1. The molecular formula is C17H31NO2. The molecule has 20 heavy (non-hydrogen) atoms. The minimum atomic E-state index is -0.201. The van der Waals surface area contributed by atoms with Crippen LogP contribution in [0.3, 0.4) is 0 Å². The largest absolute Gasteiger partial charge is 0.391 e. The molecule has 0 aromatic rings.